The molecule has 0 aromatic heterocycles. The zero-order valence-corrected chi connectivity index (χ0v) is 9.31. The van der Waals surface area contributed by atoms with Crippen molar-refractivity contribution in [2.75, 3.05) is 0 Å². The summed E-state index contributed by atoms with van der Waals surface area (Å²) in [7, 11) is 0. The van der Waals surface area contributed by atoms with Gasteiger partial charge < -0.3 is 5.73 Å². The van der Waals surface area contributed by atoms with E-state index in [2.05, 4.69) is 6.58 Å². The largest absolute Gasteiger partial charge is 0.416 e. The molecule has 0 radical (unpaired) electrons. The first kappa shape index (κ1) is 13.7. The van der Waals surface area contributed by atoms with E-state index in [0.717, 1.165) is 12.1 Å². The molecule has 1 nitrogen and oxygen atoms in total. The van der Waals surface area contributed by atoms with Crippen LogP contribution in [0, 0.1) is 5.82 Å². The van der Waals surface area contributed by atoms with Gasteiger partial charge in [-0.3, -0.25) is 0 Å². The second-order valence-corrected chi connectivity index (χ2v) is 4.00. The fourth-order valence-electron chi connectivity index (χ4n) is 1.49. The first-order chi connectivity index (χ1) is 7.71. The summed E-state index contributed by atoms with van der Waals surface area (Å²) in [4.78, 5) is 0. The standard InChI is InChI=1S/C12H13F4N/c1-7(2)5-11(17)9-6-8(12(14,15)16)3-4-10(9)13/h3-4,6,11H,1,5,17H2,2H3/t11-/m0/s1. The lowest BCUT2D eigenvalue weighted by atomic mass is 9.98. The number of nitrogens with two attached hydrogens (primary N) is 1. The summed E-state index contributed by atoms with van der Waals surface area (Å²) in [5.41, 5.74) is 5.30. The molecule has 0 saturated heterocycles. The SMILES string of the molecule is C=C(C)C[C@H](N)c1cc(C(F)(F)F)ccc1F. The lowest BCUT2D eigenvalue weighted by molar-refractivity contribution is -0.137. The van der Waals surface area contributed by atoms with Gasteiger partial charge in [0.2, 0.25) is 0 Å². The smallest absolute Gasteiger partial charge is 0.324 e. The highest BCUT2D eigenvalue weighted by atomic mass is 19.4. The number of hydrogen-bond acceptors (Lipinski definition) is 1. The maximum absolute atomic E-state index is 13.4. The molecular weight excluding hydrogens is 234 g/mol. The van der Waals surface area contributed by atoms with E-state index < -0.39 is 23.6 Å². The number of alkyl halides is 3. The van der Waals surface area contributed by atoms with Crippen LogP contribution in [0.3, 0.4) is 0 Å². The van der Waals surface area contributed by atoms with E-state index in [1.165, 1.54) is 0 Å². The van der Waals surface area contributed by atoms with Crippen LogP contribution in [0.15, 0.2) is 30.4 Å². The molecule has 1 rings (SSSR count). The van der Waals surface area contributed by atoms with Crippen LogP contribution >= 0.6 is 0 Å². The summed E-state index contributed by atoms with van der Waals surface area (Å²) in [5, 5.41) is 0. The van der Waals surface area contributed by atoms with E-state index >= 15 is 0 Å². The Morgan fingerprint density at radius 2 is 2.00 bits per heavy atom. The van der Waals surface area contributed by atoms with Gasteiger partial charge in [0.25, 0.3) is 0 Å². The van der Waals surface area contributed by atoms with Gasteiger partial charge in [-0.15, -0.1) is 6.58 Å². The van der Waals surface area contributed by atoms with Crippen LogP contribution in [-0.4, -0.2) is 0 Å². The van der Waals surface area contributed by atoms with Crippen molar-refractivity contribution >= 4 is 0 Å². The van der Waals surface area contributed by atoms with Crippen molar-refractivity contribution in [2.24, 2.45) is 5.73 Å². The van der Waals surface area contributed by atoms with E-state index in [1.807, 2.05) is 0 Å². The van der Waals surface area contributed by atoms with Crippen LogP contribution < -0.4 is 5.73 Å². The van der Waals surface area contributed by atoms with Crippen LogP contribution in [0.5, 0.6) is 0 Å². The Labute approximate surface area is 96.9 Å². The molecular formula is C12H13F4N. The Bertz CT molecular complexity index is 423. The Morgan fingerprint density at radius 1 is 1.41 bits per heavy atom. The van der Waals surface area contributed by atoms with E-state index in [-0.39, 0.29) is 12.0 Å². The highest BCUT2D eigenvalue weighted by Crippen LogP contribution is 2.32. The molecule has 17 heavy (non-hydrogen) atoms. The topological polar surface area (TPSA) is 26.0 Å². The van der Waals surface area contributed by atoms with Crippen molar-refractivity contribution in [1.82, 2.24) is 0 Å². The van der Waals surface area contributed by atoms with Gasteiger partial charge in [0.1, 0.15) is 5.82 Å². The second-order valence-electron chi connectivity index (χ2n) is 4.00. The molecule has 0 aliphatic heterocycles. The van der Waals surface area contributed by atoms with E-state index in [0.29, 0.717) is 11.6 Å². The normalized spacial score (nSPS) is 13.5. The van der Waals surface area contributed by atoms with Crippen molar-refractivity contribution in [3.05, 3.63) is 47.3 Å². The van der Waals surface area contributed by atoms with Crippen molar-refractivity contribution in [1.29, 1.82) is 0 Å². The third kappa shape index (κ3) is 3.56. The molecule has 5 heteroatoms. The van der Waals surface area contributed by atoms with E-state index in [9.17, 15) is 17.6 Å². The summed E-state index contributed by atoms with van der Waals surface area (Å²) >= 11 is 0. The minimum Gasteiger partial charge on any atom is -0.324 e. The zero-order valence-electron chi connectivity index (χ0n) is 9.31. The third-order valence-electron chi connectivity index (χ3n) is 2.29. The summed E-state index contributed by atoms with van der Waals surface area (Å²) < 4.78 is 50.7. The Hall–Kier alpha value is -1.36. The minimum atomic E-state index is -4.49. The van der Waals surface area contributed by atoms with E-state index in [1.54, 1.807) is 6.92 Å². The molecule has 0 spiro atoms. The summed E-state index contributed by atoms with van der Waals surface area (Å²) in [6.07, 6.45) is -4.25. The average molecular weight is 247 g/mol. The lowest BCUT2D eigenvalue weighted by Crippen LogP contribution is -2.14. The Kier molecular flexibility index (Phi) is 3.93. The number of hydrogen-bond donors (Lipinski definition) is 1. The van der Waals surface area contributed by atoms with Crippen molar-refractivity contribution in [3.8, 4) is 0 Å². The Balaban J connectivity index is 3.10. The number of halogens is 4. The van der Waals surface area contributed by atoms with Crippen LogP contribution in [0.4, 0.5) is 17.6 Å². The molecule has 94 valence electrons. The molecule has 0 amide bonds. The molecule has 0 fully saturated rings. The number of benzene rings is 1. The molecule has 1 aromatic rings. The first-order valence-electron chi connectivity index (χ1n) is 4.98. The molecule has 1 atom stereocenters. The summed E-state index contributed by atoms with van der Waals surface area (Å²) in [5.74, 6) is -0.730. The van der Waals surface area contributed by atoms with Gasteiger partial charge in [-0.1, -0.05) is 5.57 Å². The van der Waals surface area contributed by atoms with Gasteiger partial charge in [0, 0.05) is 11.6 Å². The molecule has 0 bridgehead atoms. The zero-order chi connectivity index (χ0) is 13.2. The summed E-state index contributed by atoms with van der Waals surface area (Å²) in [6, 6.07) is 1.43. The van der Waals surface area contributed by atoms with Crippen LogP contribution in [0.1, 0.15) is 30.5 Å². The van der Waals surface area contributed by atoms with Crippen LogP contribution in [0.2, 0.25) is 0 Å². The average Bonchev–Trinajstić information content (AvgIpc) is 2.15. The Morgan fingerprint density at radius 3 is 2.47 bits per heavy atom. The highest BCUT2D eigenvalue weighted by molar-refractivity contribution is 5.30. The molecule has 2 N–H and O–H groups in total. The molecule has 0 aliphatic carbocycles. The third-order valence-corrected chi connectivity index (χ3v) is 2.29. The predicted octanol–water partition coefficient (Wildman–Crippen LogP) is 3.81. The predicted molar refractivity (Wildman–Crippen MR) is 57.8 cm³/mol. The molecule has 0 saturated carbocycles. The maximum Gasteiger partial charge on any atom is 0.416 e. The van der Waals surface area contributed by atoms with E-state index in [4.69, 9.17) is 5.73 Å². The van der Waals surface area contributed by atoms with Crippen LogP contribution in [0.25, 0.3) is 0 Å². The van der Waals surface area contributed by atoms with Gasteiger partial charge >= 0.3 is 6.18 Å². The lowest BCUT2D eigenvalue weighted by Gasteiger charge is -2.15. The van der Waals surface area contributed by atoms with Gasteiger partial charge in [0.05, 0.1) is 5.56 Å². The molecule has 0 aliphatic rings. The van der Waals surface area contributed by atoms with Crippen LogP contribution in [-0.2, 0) is 6.18 Å². The quantitative estimate of drug-likeness (QED) is 0.638. The maximum atomic E-state index is 13.4. The van der Waals surface area contributed by atoms with Gasteiger partial charge in [-0.05, 0) is 31.5 Å². The van der Waals surface area contributed by atoms with Crippen molar-refractivity contribution < 1.29 is 17.6 Å². The van der Waals surface area contributed by atoms with Gasteiger partial charge in [-0.25, -0.2) is 4.39 Å². The fourth-order valence-corrected chi connectivity index (χ4v) is 1.49. The summed E-state index contributed by atoms with van der Waals surface area (Å²) in [6.45, 7) is 5.28. The number of rotatable bonds is 3. The monoisotopic (exact) mass is 247 g/mol. The van der Waals surface area contributed by atoms with Gasteiger partial charge in [0.15, 0.2) is 0 Å². The minimum absolute atomic E-state index is 0.136. The molecule has 0 unspecified atom stereocenters. The molecule has 1 aromatic carbocycles. The highest BCUT2D eigenvalue weighted by Gasteiger charge is 2.31. The van der Waals surface area contributed by atoms with Crippen molar-refractivity contribution in [2.45, 2.75) is 25.6 Å². The van der Waals surface area contributed by atoms with Crippen molar-refractivity contribution in [3.63, 3.8) is 0 Å². The fraction of sp³-hybridized carbons (Fsp3) is 0.333. The molecule has 0 heterocycles. The van der Waals surface area contributed by atoms with Gasteiger partial charge in [-0.2, -0.15) is 13.2 Å². The first-order valence-corrected chi connectivity index (χ1v) is 4.98. The second kappa shape index (κ2) is 4.87.